The van der Waals surface area contributed by atoms with Crippen LogP contribution >= 0.6 is 0 Å². The largest absolute Gasteiger partial charge is 0.358 e. The molecule has 0 aliphatic carbocycles. The lowest BCUT2D eigenvalue weighted by molar-refractivity contribution is 0.541. The molecule has 0 saturated heterocycles. The zero-order valence-corrected chi connectivity index (χ0v) is 10.6. The van der Waals surface area contributed by atoms with Gasteiger partial charge in [-0.25, -0.2) is 0 Å². The Balaban J connectivity index is 1.85. The Morgan fingerprint density at radius 1 is 0.947 bits per heavy atom. The zero-order chi connectivity index (χ0) is 13.3. The summed E-state index contributed by atoms with van der Waals surface area (Å²) in [4.78, 5) is 0. The van der Waals surface area contributed by atoms with E-state index in [1.54, 1.807) is 6.08 Å². The van der Waals surface area contributed by atoms with Crippen molar-refractivity contribution in [1.29, 1.82) is 0 Å². The number of nitrogens with one attached hydrogen (secondary N) is 1. The molecule has 0 atom stereocenters. The minimum Gasteiger partial charge on any atom is -0.358 e. The Hall–Kier alpha value is -2.35. The van der Waals surface area contributed by atoms with Gasteiger partial charge in [0.05, 0.1) is 0 Å². The summed E-state index contributed by atoms with van der Waals surface area (Å²) in [6.45, 7) is 0.488. The molecule has 0 aliphatic heterocycles. The quantitative estimate of drug-likeness (QED) is 0.618. The third-order valence-corrected chi connectivity index (χ3v) is 2.64. The predicted molar refractivity (Wildman–Crippen MR) is 77.9 cm³/mol. The second-order valence-electron chi connectivity index (χ2n) is 4.12. The van der Waals surface area contributed by atoms with Gasteiger partial charge in [0.15, 0.2) is 5.95 Å². The zero-order valence-electron chi connectivity index (χ0n) is 10.6. The van der Waals surface area contributed by atoms with E-state index in [2.05, 4.69) is 5.32 Å². The number of allylic oxidation sites excluding steroid dienone is 2. The molecule has 0 radical (unpaired) electrons. The van der Waals surface area contributed by atoms with Crippen molar-refractivity contribution in [2.45, 2.75) is 6.54 Å². The molecule has 0 heterocycles. The highest BCUT2D eigenvalue weighted by molar-refractivity contribution is 5.50. The number of halogens is 1. The van der Waals surface area contributed by atoms with E-state index in [9.17, 15) is 4.39 Å². The van der Waals surface area contributed by atoms with Crippen LogP contribution in [0.1, 0.15) is 11.1 Å². The molecule has 0 amide bonds. The molecule has 2 aromatic rings. The van der Waals surface area contributed by atoms with Gasteiger partial charge in [-0.1, -0.05) is 72.8 Å². The van der Waals surface area contributed by atoms with E-state index in [1.807, 2.05) is 66.7 Å². The van der Waals surface area contributed by atoms with Crippen molar-refractivity contribution in [1.82, 2.24) is 5.32 Å². The predicted octanol–water partition coefficient (Wildman–Crippen LogP) is 4.30. The third kappa shape index (κ3) is 4.80. The van der Waals surface area contributed by atoms with Crippen LogP contribution in [0.15, 0.2) is 78.8 Å². The Labute approximate surface area is 113 Å². The van der Waals surface area contributed by atoms with Crippen molar-refractivity contribution >= 4 is 6.08 Å². The Morgan fingerprint density at radius 3 is 2.26 bits per heavy atom. The van der Waals surface area contributed by atoms with E-state index < -0.39 is 0 Å². The molecule has 0 aliphatic rings. The molecular weight excluding hydrogens is 237 g/mol. The molecule has 1 nitrogen and oxygen atoms in total. The summed E-state index contributed by atoms with van der Waals surface area (Å²) in [5.41, 5.74) is 2.10. The average molecular weight is 253 g/mol. The van der Waals surface area contributed by atoms with Crippen molar-refractivity contribution < 1.29 is 4.39 Å². The van der Waals surface area contributed by atoms with Crippen LogP contribution in [-0.2, 0) is 6.54 Å². The molecule has 0 bridgehead atoms. The Kier molecular flexibility index (Phi) is 4.94. The molecule has 0 unspecified atom stereocenters. The number of hydrogen-bond acceptors (Lipinski definition) is 1. The van der Waals surface area contributed by atoms with Gasteiger partial charge in [0.1, 0.15) is 0 Å². The van der Waals surface area contributed by atoms with Crippen molar-refractivity contribution in [3.63, 3.8) is 0 Å². The molecule has 96 valence electrons. The highest BCUT2D eigenvalue weighted by Gasteiger charge is 1.93. The Bertz CT molecular complexity index is 544. The fourth-order valence-corrected chi connectivity index (χ4v) is 1.65. The molecule has 2 heteroatoms. The monoisotopic (exact) mass is 253 g/mol. The van der Waals surface area contributed by atoms with E-state index >= 15 is 0 Å². The summed E-state index contributed by atoms with van der Waals surface area (Å²) in [6, 6.07) is 19.5. The van der Waals surface area contributed by atoms with Crippen molar-refractivity contribution in [2.24, 2.45) is 0 Å². The molecule has 2 aromatic carbocycles. The number of hydrogen-bond donors (Lipinski definition) is 1. The maximum Gasteiger partial charge on any atom is 0.187 e. The molecule has 1 N–H and O–H groups in total. The highest BCUT2D eigenvalue weighted by atomic mass is 19.1. The first kappa shape index (κ1) is 13.1. The van der Waals surface area contributed by atoms with Crippen LogP contribution in [0.3, 0.4) is 0 Å². The summed E-state index contributed by atoms with van der Waals surface area (Å²) < 4.78 is 13.5. The van der Waals surface area contributed by atoms with Crippen LogP contribution < -0.4 is 5.32 Å². The fourth-order valence-electron chi connectivity index (χ4n) is 1.65. The highest BCUT2D eigenvalue weighted by Crippen LogP contribution is 2.03. The van der Waals surface area contributed by atoms with Gasteiger partial charge in [0.25, 0.3) is 0 Å². The van der Waals surface area contributed by atoms with E-state index in [0.29, 0.717) is 6.54 Å². The van der Waals surface area contributed by atoms with Crippen LogP contribution in [0.4, 0.5) is 4.39 Å². The second kappa shape index (κ2) is 7.17. The molecule has 2 rings (SSSR count). The van der Waals surface area contributed by atoms with Gasteiger partial charge < -0.3 is 5.32 Å². The molecule has 0 saturated carbocycles. The van der Waals surface area contributed by atoms with Gasteiger partial charge in [-0.3, -0.25) is 0 Å². The van der Waals surface area contributed by atoms with Crippen LogP contribution in [0.5, 0.6) is 0 Å². The maximum atomic E-state index is 13.5. The SMILES string of the molecule is F/C(=C\C=C\c1ccccc1)NCc1ccccc1. The minimum atomic E-state index is -0.337. The van der Waals surface area contributed by atoms with E-state index in [-0.39, 0.29) is 5.95 Å². The first-order valence-electron chi connectivity index (χ1n) is 6.21. The number of rotatable bonds is 5. The Morgan fingerprint density at radius 2 is 1.58 bits per heavy atom. The lowest BCUT2D eigenvalue weighted by atomic mass is 10.2. The summed E-state index contributed by atoms with van der Waals surface area (Å²) in [6.07, 6.45) is 4.99. The maximum absolute atomic E-state index is 13.5. The lowest BCUT2D eigenvalue weighted by Crippen LogP contribution is -2.08. The minimum absolute atomic E-state index is 0.337. The van der Waals surface area contributed by atoms with E-state index in [0.717, 1.165) is 11.1 Å². The summed E-state index contributed by atoms with van der Waals surface area (Å²) in [7, 11) is 0. The molecule has 19 heavy (non-hydrogen) atoms. The summed E-state index contributed by atoms with van der Waals surface area (Å²) in [5, 5.41) is 2.73. The topological polar surface area (TPSA) is 12.0 Å². The van der Waals surface area contributed by atoms with Crippen molar-refractivity contribution in [2.75, 3.05) is 0 Å². The number of benzene rings is 2. The van der Waals surface area contributed by atoms with Crippen molar-refractivity contribution in [3.8, 4) is 0 Å². The smallest absolute Gasteiger partial charge is 0.187 e. The molecule has 0 fully saturated rings. The van der Waals surface area contributed by atoms with Gasteiger partial charge in [-0.05, 0) is 17.2 Å². The molecular formula is C17H16FN. The van der Waals surface area contributed by atoms with Gasteiger partial charge in [-0.2, -0.15) is 4.39 Å². The molecule has 0 spiro atoms. The van der Waals surface area contributed by atoms with Gasteiger partial charge in [-0.15, -0.1) is 0 Å². The van der Waals surface area contributed by atoms with Crippen molar-refractivity contribution in [3.05, 3.63) is 89.9 Å². The van der Waals surface area contributed by atoms with Crippen LogP contribution in [0.2, 0.25) is 0 Å². The fraction of sp³-hybridized carbons (Fsp3) is 0.0588. The van der Waals surface area contributed by atoms with E-state index in [1.165, 1.54) is 6.08 Å². The average Bonchev–Trinajstić information content (AvgIpc) is 2.47. The van der Waals surface area contributed by atoms with Crippen LogP contribution in [0, 0.1) is 0 Å². The molecule has 0 aromatic heterocycles. The van der Waals surface area contributed by atoms with Crippen LogP contribution in [-0.4, -0.2) is 0 Å². The van der Waals surface area contributed by atoms with Crippen LogP contribution in [0.25, 0.3) is 6.08 Å². The summed E-state index contributed by atoms with van der Waals surface area (Å²) in [5.74, 6) is -0.337. The summed E-state index contributed by atoms with van der Waals surface area (Å²) >= 11 is 0. The lowest BCUT2D eigenvalue weighted by Gasteiger charge is -2.02. The first-order chi connectivity index (χ1) is 9.34. The normalized spacial score (nSPS) is 11.7. The third-order valence-electron chi connectivity index (χ3n) is 2.64. The van der Waals surface area contributed by atoms with Gasteiger partial charge in [0.2, 0.25) is 0 Å². The van der Waals surface area contributed by atoms with Gasteiger partial charge >= 0.3 is 0 Å². The standard InChI is InChI=1S/C17H16FN/c18-17(19-14-16-10-5-2-6-11-16)13-7-12-15-8-3-1-4-9-15/h1-13,19H,14H2/b12-7+,17-13+. The first-order valence-corrected chi connectivity index (χ1v) is 6.21. The second-order valence-corrected chi connectivity index (χ2v) is 4.12. The van der Waals surface area contributed by atoms with Gasteiger partial charge in [0, 0.05) is 6.54 Å². The van der Waals surface area contributed by atoms with E-state index in [4.69, 9.17) is 0 Å².